The maximum atomic E-state index is 13.1. The number of furan rings is 1. The van der Waals surface area contributed by atoms with Crippen molar-refractivity contribution in [2.75, 3.05) is 11.9 Å². The highest BCUT2D eigenvalue weighted by Crippen LogP contribution is 2.36. The SMILES string of the molecule is CN(C(=O)O)c1ccc(C[C@H](NC(=O)c2ccc3c(c2)nc(-c2ccoc2)n3C2CCCCC2)C(=O)O)cc1. The molecule has 2 aromatic carbocycles. The van der Waals surface area contributed by atoms with E-state index in [4.69, 9.17) is 14.5 Å². The van der Waals surface area contributed by atoms with Gasteiger partial charge in [-0.05, 0) is 54.8 Å². The summed E-state index contributed by atoms with van der Waals surface area (Å²) in [6.07, 6.45) is 7.89. The Kier molecular flexibility index (Phi) is 7.36. The Morgan fingerprint density at radius 2 is 1.82 bits per heavy atom. The Hall–Kier alpha value is -4.60. The number of carboxylic acids is 1. The summed E-state index contributed by atoms with van der Waals surface area (Å²) in [6, 6.07) is 12.8. The van der Waals surface area contributed by atoms with E-state index in [2.05, 4.69) is 9.88 Å². The standard InChI is InChI=1S/C29H30N4O6/c1-32(29(37)38)21-10-7-18(8-11-21)15-24(28(35)36)31-27(34)19-9-12-25-23(16-19)30-26(20-13-14-39-17-20)33(25)22-5-3-2-4-6-22/h7-14,16-17,22,24H,2-6,15H2,1H3,(H,31,34)(H,35,36)(H,37,38)/t24-/m0/s1. The summed E-state index contributed by atoms with van der Waals surface area (Å²) in [4.78, 5) is 42.2. The molecule has 2 aromatic heterocycles. The predicted octanol–water partition coefficient (Wildman–Crippen LogP) is 5.34. The number of hydrogen-bond donors (Lipinski definition) is 3. The number of carbonyl (C=O) groups excluding carboxylic acids is 1. The Morgan fingerprint density at radius 3 is 2.46 bits per heavy atom. The van der Waals surface area contributed by atoms with Gasteiger partial charge in [0.25, 0.3) is 5.91 Å². The fourth-order valence-electron chi connectivity index (χ4n) is 5.19. The molecule has 10 heteroatoms. The number of hydrogen-bond acceptors (Lipinski definition) is 5. The van der Waals surface area contributed by atoms with Crippen LogP contribution in [-0.2, 0) is 11.2 Å². The van der Waals surface area contributed by atoms with Crippen molar-refractivity contribution in [1.29, 1.82) is 0 Å². The van der Waals surface area contributed by atoms with E-state index in [0.717, 1.165) is 47.5 Å². The third-order valence-electron chi connectivity index (χ3n) is 7.32. The van der Waals surface area contributed by atoms with Crippen molar-refractivity contribution >= 4 is 34.7 Å². The van der Waals surface area contributed by atoms with Crippen LogP contribution in [0.15, 0.2) is 65.5 Å². The molecule has 0 bridgehead atoms. The fraction of sp³-hybridized carbons (Fsp3) is 0.310. The number of nitrogens with zero attached hydrogens (tertiary/aromatic N) is 3. The number of fused-ring (bicyclic) bond motifs is 1. The van der Waals surface area contributed by atoms with Crippen LogP contribution >= 0.6 is 0 Å². The fourth-order valence-corrected chi connectivity index (χ4v) is 5.19. The van der Waals surface area contributed by atoms with Gasteiger partial charge in [0.2, 0.25) is 0 Å². The van der Waals surface area contributed by atoms with Gasteiger partial charge in [0.1, 0.15) is 18.1 Å². The van der Waals surface area contributed by atoms with Crippen molar-refractivity contribution in [2.45, 2.75) is 50.6 Å². The van der Waals surface area contributed by atoms with E-state index in [-0.39, 0.29) is 6.42 Å². The zero-order valence-corrected chi connectivity index (χ0v) is 21.5. The quantitative estimate of drug-likeness (QED) is 0.279. The van der Waals surface area contributed by atoms with Crippen molar-refractivity contribution in [3.63, 3.8) is 0 Å². The van der Waals surface area contributed by atoms with Gasteiger partial charge in [-0.1, -0.05) is 31.4 Å². The highest BCUT2D eigenvalue weighted by molar-refractivity contribution is 5.99. The molecule has 2 amide bonds. The minimum atomic E-state index is -1.17. The summed E-state index contributed by atoms with van der Waals surface area (Å²) in [5.41, 5.74) is 3.88. The van der Waals surface area contributed by atoms with E-state index in [9.17, 15) is 19.5 Å². The first-order chi connectivity index (χ1) is 18.8. The van der Waals surface area contributed by atoms with Gasteiger partial charge in [0.05, 0.1) is 22.9 Å². The molecule has 1 aliphatic rings. The first kappa shape index (κ1) is 26.0. The monoisotopic (exact) mass is 530 g/mol. The number of anilines is 1. The van der Waals surface area contributed by atoms with E-state index >= 15 is 0 Å². The second-order valence-electron chi connectivity index (χ2n) is 9.89. The van der Waals surface area contributed by atoms with Crippen LogP contribution in [0.1, 0.15) is 54.1 Å². The van der Waals surface area contributed by atoms with Gasteiger partial charge >= 0.3 is 12.1 Å². The average molecular weight is 531 g/mol. The largest absolute Gasteiger partial charge is 0.480 e. The van der Waals surface area contributed by atoms with Crippen molar-refractivity contribution in [3.05, 3.63) is 72.2 Å². The molecule has 0 aliphatic heterocycles. The number of amides is 2. The number of carbonyl (C=O) groups is 3. The smallest absolute Gasteiger partial charge is 0.411 e. The molecule has 0 saturated heterocycles. The number of aromatic nitrogens is 2. The number of nitrogens with one attached hydrogen (secondary N) is 1. The van der Waals surface area contributed by atoms with E-state index in [1.807, 2.05) is 12.1 Å². The van der Waals surface area contributed by atoms with Crippen LogP contribution in [0.25, 0.3) is 22.4 Å². The van der Waals surface area contributed by atoms with Crippen molar-refractivity contribution < 1.29 is 29.0 Å². The van der Waals surface area contributed by atoms with Gasteiger partial charge in [-0.25, -0.2) is 14.6 Å². The Balaban J connectivity index is 1.38. The molecule has 2 heterocycles. The van der Waals surface area contributed by atoms with Crippen LogP contribution in [0.3, 0.4) is 0 Å². The highest BCUT2D eigenvalue weighted by atomic mass is 16.4. The Bertz CT molecular complexity index is 1490. The normalized spacial score (nSPS) is 14.7. The first-order valence-electron chi connectivity index (χ1n) is 13.0. The molecule has 1 aliphatic carbocycles. The Labute approximate surface area is 224 Å². The summed E-state index contributed by atoms with van der Waals surface area (Å²) in [5.74, 6) is -0.882. The predicted molar refractivity (Wildman–Crippen MR) is 145 cm³/mol. The molecular formula is C29H30N4O6. The van der Waals surface area contributed by atoms with Gasteiger partial charge in [-0.2, -0.15) is 0 Å². The summed E-state index contributed by atoms with van der Waals surface area (Å²) in [6.45, 7) is 0. The number of carboxylic acid groups (broad SMARTS) is 2. The molecule has 0 spiro atoms. The van der Waals surface area contributed by atoms with E-state index in [1.54, 1.807) is 48.9 Å². The average Bonchev–Trinajstić information content (AvgIpc) is 3.61. The third-order valence-corrected chi connectivity index (χ3v) is 7.32. The van der Waals surface area contributed by atoms with Gasteiger partial charge in [0, 0.05) is 30.8 Å². The third kappa shape index (κ3) is 5.50. The van der Waals surface area contributed by atoms with Gasteiger partial charge in [-0.3, -0.25) is 9.69 Å². The number of imidazole rings is 1. The zero-order chi connectivity index (χ0) is 27.5. The van der Waals surface area contributed by atoms with Gasteiger partial charge in [-0.15, -0.1) is 0 Å². The first-order valence-corrected chi connectivity index (χ1v) is 13.0. The van der Waals surface area contributed by atoms with E-state index in [1.165, 1.54) is 13.5 Å². The van der Waals surface area contributed by atoms with Crippen molar-refractivity contribution in [1.82, 2.24) is 14.9 Å². The summed E-state index contributed by atoms with van der Waals surface area (Å²) >= 11 is 0. The maximum absolute atomic E-state index is 13.1. The van der Waals surface area contributed by atoms with Crippen LogP contribution in [0.2, 0.25) is 0 Å². The number of rotatable bonds is 8. The number of aliphatic carboxylic acids is 1. The maximum Gasteiger partial charge on any atom is 0.411 e. The second kappa shape index (κ2) is 11.0. The van der Waals surface area contributed by atoms with Gasteiger partial charge in [0.15, 0.2) is 0 Å². The van der Waals surface area contributed by atoms with Crippen molar-refractivity contribution in [2.24, 2.45) is 0 Å². The van der Waals surface area contributed by atoms with Crippen LogP contribution in [0.5, 0.6) is 0 Å². The highest BCUT2D eigenvalue weighted by Gasteiger charge is 2.25. The summed E-state index contributed by atoms with van der Waals surface area (Å²) < 4.78 is 7.55. The lowest BCUT2D eigenvalue weighted by Gasteiger charge is -2.25. The minimum absolute atomic E-state index is 0.0430. The minimum Gasteiger partial charge on any atom is -0.480 e. The lowest BCUT2D eigenvalue weighted by Crippen LogP contribution is -2.42. The van der Waals surface area contributed by atoms with Gasteiger partial charge < -0.3 is 24.5 Å². The molecule has 202 valence electrons. The topological polar surface area (TPSA) is 138 Å². The van der Waals surface area contributed by atoms with Crippen LogP contribution in [-0.4, -0.2) is 50.8 Å². The Morgan fingerprint density at radius 1 is 1.08 bits per heavy atom. The van der Waals surface area contributed by atoms with E-state index in [0.29, 0.717) is 28.4 Å². The summed E-state index contributed by atoms with van der Waals surface area (Å²) in [7, 11) is 1.42. The molecule has 0 radical (unpaired) electrons. The lowest BCUT2D eigenvalue weighted by molar-refractivity contribution is -0.139. The van der Waals surface area contributed by atoms with Crippen LogP contribution in [0.4, 0.5) is 10.5 Å². The summed E-state index contributed by atoms with van der Waals surface area (Å²) in [5, 5.41) is 21.5. The van der Waals surface area contributed by atoms with Crippen molar-refractivity contribution in [3.8, 4) is 11.4 Å². The van der Waals surface area contributed by atoms with Crippen LogP contribution in [0, 0.1) is 0 Å². The second-order valence-corrected chi connectivity index (χ2v) is 9.89. The number of benzene rings is 2. The molecule has 3 N–H and O–H groups in total. The lowest BCUT2D eigenvalue weighted by atomic mass is 9.95. The van der Waals surface area contributed by atoms with E-state index < -0.39 is 24.0 Å². The molecular weight excluding hydrogens is 500 g/mol. The molecule has 1 saturated carbocycles. The van der Waals surface area contributed by atoms with Crippen LogP contribution < -0.4 is 10.2 Å². The molecule has 5 rings (SSSR count). The zero-order valence-electron chi connectivity index (χ0n) is 21.5. The molecule has 1 atom stereocenters. The molecule has 10 nitrogen and oxygen atoms in total. The molecule has 1 fully saturated rings. The molecule has 4 aromatic rings. The molecule has 0 unspecified atom stereocenters. The molecule has 39 heavy (non-hydrogen) atoms.